The molecule has 4 heteroatoms. The molecule has 78 valence electrons. The summed E-state index contributed by atoms with van der Waals surface area (Å²) < 4.78 is 11.3. The Bertz CT molecular complexity index is 145. The van der Waals surface area contributed by atoms with Gasteiger partial charge in [0, 0.05) is 13.2 Å². The summed E-state index contributed by atoms with van der Waals surface area (Å²) in [6.07, 6.45) is 0. The third-order valence-corrected chi connectivity index (χ3v) is 3.67. The van der Waals surface area contributed by atoms with E-state index in [0.717, 1.165) is 0 Å². The highest BCUT2D eigenvalue weighted by Gasteiger charge is 2.32. The monoisotopic (exact) mass is 203 g/mol. The Morgan fingerprint density at radius 2 is 1.77 bits per heavy atom. The minimum Gasteiger partial charge on any atom is -0.341 e. The van der Waals surface area contributed by atoms with Crippen molar-refractivity contribution < 1.29 is 9.47 Å². The van der Waals surface area contributed by atoms with Gasteiger partial charge in [0.05, 0.1) is 0 Å². The average Bonchev–Trinajstić information content (AvgIpc) is 2.05. The molecule has 0 unspecified atom stereocenters. The molecule has 0 aromatic carbocycles. The summed E-state index contributed by atoms with van der Waals surface area (Å²) in [7, 11) is 3.35. The number of hydrogen-bond acceptors (Lipinski definition) is 3. The van der Waals surface area contributed by atoms with Gasteiger partial charge in [-0.2, -0.15) is 0 Å². The lowest BCUT2D eigenvalue weighted by atomic mass is 10.7. The molecule has 0 aliphatic carbocycles. The zero-order valence-electron chi connectivity index (χ0n) is 9.17. The van der Waals surface area contributed by atoms with Crippen LogP contribution in [0, 0.1) is 0 Å². The lowest BCUT2D eigenvalue weighted by Crippen LogP contribution is -2.53. The van der Waals surface area contributed by atoms with E-state index in [1.54, 1.807) is 0 Å². The van der Waals surface area contributed by atoms with Crippen molar-refractivity contribution in [3.8, 4) is 0 Å². The zero-order valence-corrected chi connectivity index (χ0v) is 10.6. The van der Waals surface area contributed by atoms with Gasteiger partial charge < -0.3 is 9.47 Å². The minimum absolute atomic E-state index is 0.495. The van der Waals surface area contributed by atoms with Crippen molar-refractivity contribution in [3.63, 3.8) is 0 Å². The molecule has 0 amide bonds. The predicted octanol–water partition coefficient (Wildman–Crippen LogP) is 0.545. The molecule has 0 saturated heterocycles. The summed E-state index contributed by atoms with van der Waals surface area (Å²) in [6, 6.07) is 0. The number of nitrogens with zero attached hydrogens (tertiary/aromatic N) is 1. The number of ether oxygens (including phenoxy) is 2. The van der Waals surface area contributed by atoms with E-state index in [1.165, 1.54) is 0 Å². The Labute approximate surface area is 83.5 Å². The van der Waals surface area contributed by atoms with Crippen molar-refractivity contribution in [1.82, 2.24) is 4.90 Å². The van der Waals surface area contributed by atoms with Gasteiger partial charge in [0.15, 0.2) is 0 Å². The first-order valence-electron chi connectivity index (χ1n) is 4.69. The van der Waals surface area contributed by atoms with Gasteiger partial charge in [-0.15, -0.1) is 12.3 Å². The van der Waals surface area contributed by atoms with Gasteiger partial charge in [-0.3, -0.25) is 4.90 Å². The summed E-state index contributed by atoms with van der Waals surface area (Å²) in [5.74, 6) is 0. The molecular weight excluding hydrogens is 182 g/mol. The van der Waals surface area contributed by atoms with Gasteiger partial charge in [-0.25, -0.2) is 0 Å². The Hall–Kier alpha value is -0.163. The summed E-state index contributed by atoms with van der Waals surface area (Å²) >= 11 is 0. The van der Waals surface area contributed by atoms with Crippen LogP contribution in [0.5, 0.6) is 0 Å². The van der Waals surface area contributed by atoms with Crippen LogP contribution < -0.4 is 0 Å². The fourth-order valence-corrected chi connectivity index (χ4v) is 2.61. The lowest BCUT2D eigenvalue weighted by Gasteiger charge is -2.38. The number of hydrogen-bond donors (Lipinski definition) is 0. The molecule has 0 aromatic heterocycles. The molecule has 3 nitrogen and oxygen atoms in total. The van der Waals surface area contributed by atoms with Crippen molar-refractivity contribution >= 4 is 9.52 Å². The molecule has 0 bridgehead atoms. The second-order valence-corrected chi connectivity index (χ2v) is 4.85. The maximum absolute atomic E-state index is 5.67. The maximum atomic E-state index is 5.67. The topological polar surface area (TPSA) is 21.7 Å². The molecular formula is C9H21NO2Si. The molecule has 0 heterocycles. The van der Waals surface area contributed by atoms with Crippen LogP contribution in [0.3, 0.4) is 0 Å². The van der Waals surface area contributed by atoms with E-state index in [4.69, 9.17) is 9.47 Å². The second kappa shape index (κ2) is 6.31. The van der Waals surface area contributed by atoms with Crippen molar-refractivity contribution in [1.29, 1.82) is 0 Å². The highest BCUT2D eigenvalue weighted by molar-refractivity contribution is 6.44. The molecule has 0 rings (SSSR count). The molecule has 0 aliphatic heterocycles. The van der Waals surface area contributed by atoms with Gasteiger partial charge in [0.1, 0.15) is 9.52 Å². The van der Waals surface area contributed by atoms with Gasteiger partial charge in [0.25, 0.3) is 0 Å². The molecule has 0 radical (unpaired) electrons. The van der Waals surface area contributed by atoms with Crippen LogP contribution in [0.25, 0.3) is 0 Å². The summed E-state index contributed by atoms with van der Waals surface area (Å²) in [5.41, 5.74) is 1.45. The van der Waals surface area contributed by atoms with E-state index in [0.29, 0.717) is 13.2 Å². The van der Waals surface area contributed by atoms with Gasteiger partial charge in [-0.1, -0.05) is 0 Å². The second-order valence-electron chi connectivity index (χ2n) is 2.97. The smallest absolute Gasteiger partial charge is 0.204 e. The van der Waals surface area contributed by atoms with E-state index < -0.39 is 15.1 Å². The molecule has 0 aliphatic rings. The third-order valence-electron chi connectivity index (χ3n) is 1.82. The van der Waals surface area contributed by atoms with Crippen molar-refractivity contribution in [2.45, 2.75) is 19.4 Å². The fraction of sp³-hybridized carbons (Fsp3) is 0.778. The first-order chi connectivity index (χ1) is 6.13. The van der Waals surface area contributed by atoms with Crippen LogP contribution in [0.15, 0.2) is 12.3 Å². The molecule has 0 fully saturated rings. The van der Waals surface area contributed by atoms with Gasteiger partial charge >= 0.3 is 0 Å². The van der Waals surface area contributed by atoms with Crippen LogP contribution in [0.1, 0.15) is 13.8 Å². The van der Waals surface area contributed by atoms with Crippen LogP contribution in [0.4, 0.5) is 0 Å². The van der Waals surface area contributed by atoms with Crippen molar-refractivity contribution in [3.05, 3.63) is 12.3 Å². The molecule has 0 spiro atoms. The van der Waals surface area contributed by atoms with E-state index >= 15 is 0 Å². The third kappa shape index (κ3) is 3.60. The highest BCUT2D eigenvalue weighted by Crippen LogP contribution is 2.14. The molecule has 13 heavy (non-hydrogen) atoms. The Morgan fingerprint density at radius 1 is 1.31 bits per heavy atom. The lowest BCUT2D eigenvalue weighted by molar-refractivity contribution is -0.246. The van der Waals surface area contributed by atoms with Crippen molar-refractivity contribution in [2.24, 2.45) is 0 Å². The first kappa shape index (κ1) is 12.8. The van der Waals surface area contributed by atoms with Crippen LogP contribution >= 0.6 is 0 Å². The van der Waals surface area contributed by atoms with Crippen LogP contribution in [-0.2, 0) is 9.47 Å². The highest BCUT2D eigenvalue weighted by atomic mass is 28.2. The normalized spacial score (nSPS) is 13.0. The predicted molar refractivity (Wildman–Crippen MR) is 58.4 cm³/mol. The average molecular weight is 203 g/mol. The molecule has 0 atom stereocenters. The molecule has 0 aromatic rings. The Kier molecular flexibility index (Phi) is 6.24. The van der Waals surface area contributed by atoms with E-state index in [9.17, 15) is 0 Å². The molecule has 0 saturated carbocycles. The van der Waals surface area contributed by atoms with E-state index in [-0.39, 0.29) is 0 Å². The zero-order chi connectivity index (χ0) is 10.3. The van der Waals surface area contributed by atoms with Gasteiger partial charge in [-0.05, 0) is 27.9 Å². The van der Waals surface area contributed by atoms with Crippen LogP contribution in [0.2, 0.25) is 0 Å². The van der Waals surface area contributed by atoms with Crippen LogP contribution in [-0.4, -0.2) is 47.3 Å². The maximum Gasteiger partial charge on any atom is 0.204 e. The largest absolute Gasteiger partial charge is 0.341 e. The number of rotatable bonds is 7. The van der Waals surface area contributed by atoms with Gasteiger partial charge in [0.2, 0.25) is 5.53 Å². The summed E-state index contributed by atoms with van der Waals surface area (Å²) in [5, 5.41) is 0. The Balaban J connectivity index is 4.47. The standard InChI is InChI=1S/C9H21NO2Si/c1-6-11-9(10(4)5,12-7-2)13-8-3/h8H,3,6-7,13H2,1-2,4-5H3. The summed E-state index contributed by atoms with van der Waals surface area (Å²) in [4.78, 5) is 1.99. The minimum atomic E-state index is -0.595. The first-order valence-corrected chi connectivity index (χ1v) is 6.21. The SMILES string of the molecule is C=C[SiH2]C(OCC)(OCC)N(C)C. The molecule has 0 N–H and O–H groups in total. The van der Waals surface area contributed by atoms with E-state index in [1.807, 2.05) is 38.5 Å². The summed E-state index contributed by atoms with van der Waals surface area (Å²) in [6.45, 7) is 9.06. The van der Waals surface area contributed by atoms with Crippen molar-refractivity contribution in [2.75, 3.05) is 27.3 Å². The quantitative estimate of drug-likeness (QED) is 0.445. The Morgan fingerprint density at radius 3 is 2.00 bits per heavy atom. The fourth-order valence-electron chi connectivity index (χ4n) is 1.23. The van der Waals surface area contributed by atoms with E-state index in [2.05, 4.69) is 6.58 Å².